The van der Waals surface area contributed by atoms with E-state index in [2.05, 4.69) is 23.9 Å². The molecule has 0 saturated heterocycles. The lowest BCUT2D eigenvalue weighted by atomic mass is 10.1. The van der Waals surface area contributed by atoms with Gasteiger partial charge in [-0.2, -0.15) is 5.10 Å². The Bertz CT molecular complexity index is 462. The van der Waals surface area contributed by atoms with Crippen LogP contribution in [0.15, 0.2) is 18.3 Å². The van der Waals surface area contributed by atoms with Gasteiger partial charge in [-0.05, 0) is 18.1 Å². The van der Waals surface area contributed by atoms with Crippen LogP contribution in [0.4, 0.5) is 0 Å². The summed E-state index contributed by atoms with van der Waals surface area (Å²) in [4.78, 5) is 4.34. The molecule has 0 radical (unpaired) electrons. The van der Waals surface area contributed by atoms with Crippen molar-refractivity contribution in [2.24, 2.45) is 0 Å². The molecule has 0 spiro atoms. The Balaban J connectivity index is 2.43. The van der Waals surface area contributed by atoms with Crippen LogP contribution >= 0.6 is 0 Å². The molecule has 4 heteroatoms. The molecule has 15 heavy (non-hydrogen) atoms. The molecule has 0 amide bonds. The van der Waals surface area contributed by atoms with Gasteiger partial charge in [0.25, 0.3) is 0 Å². The van der Waals surface area contributed by atoms with Crippen LogP contribution in [-0.4, -0.2) is 26.3 Å². The first kappa shape index (κ1) is 10.1. The second-order valence-electron chi connectivity index (χ2n) is 3.92. The van der Waals surface area contributed by atoms with Gasteiger partial charge in [0, 0.05) is 13.0 Å². The fourth-order valence-electron chi connectivity index (χ4n) is 1.49. The number of hydrogen-bond acceptors (Lipinski definition) is 3. The number of rotatable bonds is 3. The monoisotopic (exact) mass is 205 g/mol. The zero-order valence-electron chi connectivity index (χ0n) is 9.01. The SMILES string of the molecule is CC(C)c1ccc2nc(CCO)cn2n1. The highest BCUT2D eigenvalue weighted by atomic mass is 16.3. The molecule has 0 aliphatic heterocycles. The van der Waals surface area contributed by atoms with E-state index in [9.17, 15) is 0 Å². The summed E-state index contributed by atoms with van der Waals surface area (Å²) in [5, 5.41) is 13.3. The summed E-state index contributed by atoms with van der Waals surface area (Å²) >= 11 is 0. The molecular formula is C11H15N3O. The van der Waals surface area contributed by atoms with Crippen LogP contribution in [-0.2, 0) is 6.42 Å². The lowest BCUT2D eigenvalue weighted by Crippen LogP contribution is -1.98. The van der Waals surface area contributed by atoms with Gasteiger partial charge in [-0.15, -0.1) is 0 Å². The van der Waals surface area contributed by atoms with Crippen LogP contribution in [0.25, 0.3) is 5.65 Å². The molecule has 0 unspecified atom stereocenters. The van der Waals surface area contributed by atoms with E-state index in [0.29, 0.717) is 12.3 Å². The summed E-state index contributed by atoms with van der Waals surface area (Å²) < 4.78 is 1.78. The van der Waals surface area contributed by atoms with Gasteiger partial charge < -0.3 is 5.11 Å². The molecule has 0 aromatic carbocycles. The van der Waals surface area contributed by atoms with Crippen LogP contribution < -0.4 is 0 Å². The molecule has 0 aliphatic rings. The van der Waals surface area contributed by atoms with Crippen molar-refractivity contribution in [3.8, 4) is 0 Å². The molecule has 2 rings (SSSR count). The van der Waals surface area contributed by atoms with E-state index in [1.54, 1.807) is 4.52 Å². The Kier molecular flexibility index (Phi) is 2.68. The molecule has 0 fully saturated rings. The van der Waals surface area contributed by atoms with E-state index in [-0.39, 0.29) is 6.61 Å². The van der Waals surface area contributed by atoms with Crippen molar-refractivity contribution in [2.75, 3.05) is 6.61 Å². The average molecular weight is 205 g/mol. The molecule has 2 aromatic heterocycles. The van der Waals surface area contributed by atoms with E-state index < -0.39 is 0 Å². The molecule has 1 N–H and O–H groups in total. The number of aliphatic hydroxyl groups is 1. The first-order chi connectivity index (χ1) is 7.20. The topological polar surface area (TPSA) is 50.4 Å². The molecule has 0 aliphatic carbocycles. The molecular weight excluding hydrogens is 190 g/mol. The summed E-state index contributed by atoms with van der Waals surface area (Å²) in [7, 11) is 0. The molecule has 80 valence electrons. The third-order valence-electron chi connectivity index (χ3n) is 2.35. The van der Waals surface area contributed by atoms with Gasteiger partial charge in [-0.3, -0.25) is 0 Å². The predicted octanol–water partition coefficient (Wildman–Crippen LogP) is 1.39. The minimum atomic E-state index is 0.126. The molecule has 0 bridgehead atoms. The maximum Gasteiger partial charge on any atom is 0.153 e. The fourth-order valence-corrected chi connectivity index (χ4v) is 1.49. The van der Waals surface area contributed by atoms with Gasteiger partial charge in [0.1, 0.15) is 0 Å². The van der Waals surface area contributed by atoms with Crippen molar-refractivity contribution in [2.45, 2.75) is 26.2 Å². The van der Waals surface area contributed by atoms with Crippen molar-refractivity contribution in [1.82, 2.24) is 14.6 Å². The number of aromatic nitrogens is 3. The van der Waals surface area contributed by atoms with Gasteiger partial charge in [0.15, 0.2) is 5.65 Å². The van der Waals surface area contributed by atoms with Crippen molar-refractivity contribution in [1.29, 1.82) is 0 Å². The number of aliphatic hydroxyl groups excluding tert-OH is 1. The Morgan fingerprint density at radius 3 is 2.87 bits per heavy atom. The average Bonchev–Trinajstić information content (AvgIpc) is 2.59. The number of imidazole rings is 1. The Morgan fingerprint density at radius 2 is 2.20 bits per heavy atom. The smallest absolute Gasteiger partial charge is 0.153 e. The molecule has 2 heterocycles. The van der Waals surface area contributed by atoms with E-state index in [1.807, 2.05) is 18.3 Å². The largest absolute Gasteiger partial charge is 0.396 e. The first-order valence-corrected chi connectivity index (χ1v) is 5.17. The lowest BCUT2D eigenvalue weighted by molar-refractivity contribution is 0.298. The highest BCUT2D eigenvalue weighted by molar-refractivity contribution is 5.38. The number of fused-ring (bicyclic) bond motifs is 1. The minimum Gasteiger partial charge on any atom is -0.396 e. The molecule has 0 saturated carbocycles. The highest BCUT2D eigenvalue weighted by Gasteiger charge is 2.05. The van der Waals surface area contributed by atoms with Crippen LogP contribution in [0.2, 0.25) is 0 Å². The molecule has 0 atom stereocenters. The van der Waals surface area contributed by atoms with E-state index in [1.165, 1.54) is 0 Å². The second kappa shape index (κ2) is 3.98. The first-order valence-electron chi connectivity index (χ1n) is 5.17. The lowest BCUT2D eigenvalue weighted by Gasteiger charge is -2.02. The van der Waals surface area contributed by atoms with Gasteiger partial charge >= 0.3 is 0 Å². The second-order valence-corrected chi connectivity index (χ2v) is 3.92. The van der Waals surface area contributed by atoms with E-state index >= 15 is 0 Å². The fraction of sp³-hybridized carbons (Fsp3) is 0.455. The quantitative estimate of drug-likeness (QED) is 0.823. The van der Waals surface area contributed by atoms with Crippen LogP contribution in [0.3, 0.4) is 0 Å². The number of hydrogen-bond donors (Lipinski definition) is 1. The molecule has 2 aromatic rings. The van der Waals surface area contributed by atoms with Crippen molar-refractivity contribution in [3.63, 3.8) is 0 Å². The summed E-state index contributed by atoms with van der Waals surface area (Å²) in [5.74, 6) is 0.415. The van der Waals surface area contributed by atoms with Crippen LogP contribution in [0, 0.1) is 0 Å². The summed E-state index contributed by atoms with van der Waals surface area (Å²) in [5.41, 5.74) is 2.77. The normalized spacial score (nSPS) is 11.5. The third kappa shape index (κ3) is 1.99. The van der Waals surface area contributed by atoms with E-state index in [0.717, 1.165) is 17.0 Å². The van der Waals surface area contributed by atoms with Gasteiger partial charge in [-0.1, -0.05) is 13.8 Å². The zero-order chi connectivity index (χ0) is 10.8. The van der Waals surface area contributed by atoms with Crippen molar-refractivity contribution < 1.29 is 5.11 Å². The Morgan fingerprint density at radius 1 is 1.40 bits per heavy atom. The standard InChI is InChI=1S/C11H15N3O/c1-8(2)10-3-4-11-12-9(5-6-15)7-14(11)13-10/h3-4,7-8,15H,5-6H2,1-2H3. The maximum atomic E-state index is 8.82. The highest BCUT2D eigenvalue weighted by Crippen LogP contribution is 2.12. The zero-order valence-corrected chi connectivity index (χ0v) is 9.01. The van der Waals surface area contributed by atoms with E-state index in [4.69, 9.17) is 5.11 Å². The predicted molar refractivity (Wildman–Crippen MR) is 57.9 cm³/mol. The number of nitrogens with zero attached hydrogens (tertiary/aromatic N) is 3. The Hall–Kier alpha value is -1.42. The Labute approximate surface area is 88.6 Å². The van der Waals surface area contributed by atoms with Crippen LogP contribution in [0.1, 0.15) is 31.2 Å². The summed E-state index contributed by atoms with van der Waals surface area (Å²) in [6, 6.07) is 3.96. The minimum absolute atomic E-state index is 0.126. The van der Waals surface area contributed by atoms with Crippen molar-refractivity contribution in [3.05, 3.63) is 29.7 Å². The maximum absolute atomic E-state index is 8.82. The third-order valence-corrected chi connectivity index (χ3v) is 2.35. The summed E-state index contributed by atoms with van der Waals surface area (Å²) in [6.45, 7) is 4.35. The van der Waals surface area contributed by atoms with Crippen molar-refractivity contribution >= 4 is 5.65 Å². The van der Waals surface area contributed by atoms with Crippen LogP contribution in [0.5, 0.6) is 0 Å². The molecule has 4 nitrogen and oxygen atoms in total. The van der Waals surface area contributed by atoms with Gasteiger partial charge in [0.05, 0.1) is 17.6 Å². The van der Waals surface area contributed by atoms with Gasteiger partial charge in [0.2, 0.25) is 0 Å². The van der Waals surface area contributed by atoms with Gasteiger partial charge in [-0.25, -0.2) is 9.50 Å². The summed E-state index contributed by atoms with van der Waals surface area (Å²) in [6.07, 6.45) is 2.46.